The van der Waals surface area contributed by atoms with Crippen LogP contribution in [-0.2, 0) is 0 Å². The number of benzene rings is 1. The number of fused-ring (bicyclic) bond motifs is 2. The molecule has 3 atom stereocenters. The second-order valence-electron chi connectivity index (χ2n) is 6.90. The van der Waals surface area contributed by atoms with E-state index in [0.717, 1.165) is 41.8 Å². The molecule has 0 radical (unpaired) electrons. The number of nitrogens with one attached hydrogen (secondary N) is 1. The molecule has 25 heavy (non-hydrogen) atoms. The highest BCUT2D eigenvalue weighted by atomic mass is 16.2. The molecule has 2 saturated heterocycles. The molecule has 2 aliphatic heterocycles. The maximum absolute atomic E-state index is 12.7. The van der Waals surface area contributed by atoms with E-state index in [2.05, 4.69) is 15.1 Å². The highest BCUT2D eigenvalue weighted by Crippen LogP contribution is 2.40. The number of urea groups is 1. The van der Waals surface area contributed by atoms with Gasteiger partial charge in [-0.3, -0.25) is 4.98 Å². The molecular weight excluding hydrogens is 312 g/mol. The second kappa shape index (κ2) is 6.21. The molecule has 3 fully saturated rings. The number of amides is 2. The summed E-state index contributed by atoms with van der Waals surface area (Å²) in [7, 11) is 0. The van der Waals surface area contributed by atoms with Gasteiger partial charge in [-0.25, -0.2) is 4.79 Å². The van der Waals surface area contributed by atoms with Gasteiger partial charge in [-0.15, -0.1) is 0 Å². The molecule has 0 spiro atoms. The Bertz CT molecular complexity index is 831. The molecule has 1 aliphatic carbocycles. The molecule has 2 aromatic rings. The van der Waals surface area contributed by atoms with Crippen molar-refractivity contribution in [2.45, 2.75) is 44.3 Å². The van der Waals surface area contributed by atoms with Crippen molar-refractivity contribution in [3.63, 3.8) is 0 Å². The number of pyridine rings is 1. The van der Waals surface area contributed by atoms with Crippen molar-refractivity contribution in [1.82, 2.24) is 9.88 Å². The van der Waals surface area contributed by atoms with Crippen LogP contribution in [0.5, 0.6) is 0 Å². The summed E-state index contributed by atoms with van der Waals surface area (Å²) in [6.45, 7) is 7.46. The topological polar surface area (TPSA) is 49.6 Å². The highest BCUT2D eigenvalue weighted by Gasteiger charge is 2.51. The summed E-state index contributed by atoms with van der Waals surface area (Å²) in [5.41, 5.74) is 3.86. The first kappa shape index (κ1) is 15.6. The Morgan fingerprint density at radius 2 is 2.04 bits per heavy atom. The van der Waals surface area contributed by atoms with Gasteiger partial charge in [0.15, 0.2) is 0 Å². The lowest BCUT2D eigenvalue weighted by Crippen LogP contribution is -2.64. The normalized spacial score (nSPS) is 24.2. The third kappa shape index (κ3) is 2.85. The van der Waals surface area contributed by atoms with Gasteiger partial charge in [-0.2, -0.15) is 0 Å². The molecule has 3 aliphatic rings. The van der Waals surface area contributed by atoms with Crippen LogP contribution < -0.4 is 5.32 Å². The van der Waals surface area contributed by atoms with Gasteiger partial charge in [-0.1, -0.05) is 17.0 Å². The van der Waals surface area contributed by atoms with E-state index in [1.54, 1.807) is 6.20 Å². The van der Waals surface area contributed by atoms with E-state index in [1.165, 1.54) is 0 Å². The van der Waals surface area contributed by atoms with Crippen molar-refractivity contribution < 1.29 is 4.79 Å². The number of hydrogen-bond donors (Lipinski definition) is 1. The van der Waals surface area contributed by atoms with Crippen molar-refractivity contribution in [2.75, 3.05) is 5.32 Å². The predicted octanol–water partition coefficient (Wildman–Crippen LogP) is 4.16. The van der Waals surface area contributed by atoms with Crippen molar-refractivity contribution in [3.8, 4) is 17.8 Å². The van der Waals surface area contributed by atoms with Gasteiger partial charge in [0.2, 0.25) is 0 Å². The molecule has 1 aromatic carbocycles. The Balaban J connectivity index is 1.51. The van der Waals surface area contributed by atoms with Crippen LogP contribution in [0.15, 0.2) is 42.6 Å². The van der Waals surface area contributed by atoms with Crippen molar-refractivity contribution >= 4 is 11.7 Å². The number of hydrogen-bond acceptors (Lipinski definition) is 2. The summed E-state index contributed by atoms with van der Waals surface area (Å²) in [5.74, 6) is 0. The Kier molecular flexibility index (Phi) is 3.89. The number of aryl methyl sites for hydroxylation is 1. The minimum atomic E-state index is -0.0347. The SMILES string of the molecule is C#[N+][C@@H]1CC2C[C@H](C1)N2C(=O)Nc1ccc(C)c(-c2ccccn2)c1. The van der Waals surface area contributed by atoms with Crippen LogP contribution in [0, 0.1) is 13.5 Å². The monoisotopic (exact) mass is 333 g/mol. The number of carbonyl (C=O) groups is 1. The van der Waals surface area contributed by atoms with Gasteiger partial charge in [0.05, 0.1) is 5.69 Å². The summed E-state index contributed by atoms with van der Waals surface area (Å²) in [5, 5.41) is 3.04. The van der Waals surface area contributed by atoms with Gasteiger partial charge in [0.25, 0.3) is 12.6 Å². The molecule has 126 valence electrons. The summed E-state index contributed by atoms with van der Waals surface area (Å²) >= 11 is 0. The van der Waals surface area contributed by atoms with Gasteiger partial charge >= 0.3 is 6.03 Å². The average Bonchev–Trinajstić information content (AvgIpc) is 2.64. The third-order valence-electron chi connectivity index (χ3n) is 5.29. The summed E-state index contributed by atoms with van der Waals surface area (Å²) in [6.07, 6.45) is 4.58. The Morgan fingerprint density at radius 1 is 1.24 bits per heavy atom. The molecule has 2 amide bonds. The molecule has 1 unspecified atom stereocenters. The van der Waals surface area contributed by atoms with Crippen molar-refractivity contribution in [3.05, 3.63) is 53.0 Å². The van der Waals surface area contributed by atoms with E-state index < -0.39 is 0 Å². The highest BCUT2D eigenvalue weighted by molar-refractivity contribution is 5.91. The molecule has 1 saturated carbocycles. The van der Waals surface area contributed by atoms with E-state index in [-0.39, 0.29) is 24.2 Å². The van der Waals surface area contributed by atoms with Crippen LogP contribution >= 0.6 is 0 Å². The standard InChI is InChI=1S/C20H20N4O/c1-13-6-7-14(11-18(13)19-5-3-4-8-22-19)23-20(25)24-16-9-15(21-2)10-17(24)12-16/h2-8,11,15-17H,9-10,12H2,1H3/p+1/t15-,16-,17?/m0/s1. The fourth-order valence-electron chi connectivity index (χ4n) is 3.98. The minimum absolute atomic E-state index is 0.0347. The van der Waals surface area contributed by atoms with Gasteiger partial charge in [-0.05, 0) is 43.2 Å². The fraction of sp³-hybridized carbons (Fsp3) is 0.350. The number of aromatic nitrogens is 1. The first-order valence-electron chi connectivity index (χ1n) is 8.67. The van der Waals surface area contributed by atoms with Crippen LogP contribution in [0.2, 0.25) is 0 Å². The van der Waals surface area contributed by atoms with Gasteiger partial charge in [0, 0.05) is 42.4 Å². The number of carbonyl (C=O) groups excluding carboxylic acids is 1. The second-order valence-corrected chi connectivity index (χ2v) is 6.90. The van der Waals surface area contributed by atoms with E-state index in [9.17, 15) is 4.79 Å². The van der Waals surface area contributed by atoms with E-state index in [0.29, 0.717) is 0 Å². The summed E-state index contributed by atoms with van der Waals surface area (Å²) in [4.78, 5) is 22.9. The maximum atomic E-state index is 12.7. The Hall–Kier alpha value is -2.87. The molecule has 1 N–H and O–H groups in total. The van der Waals surface area contributed by atoms with Crippen molar-refractivity contribution in [2.24, 2.45) is 0 Å². The molecule has 5 rings (SSSR count). The number of nitrogens with zero attached hydrogens (tertiary/aromatic N) is 3. The lowest BCUT2D eigenvalue weighted by Gasteiger charge is -2.51. The van der Waals surface area contributed by atoms with Crippen molar-refractivity contribution in [1.29, 1.82) is 0 Å². The first-order valence-corrected chi connectivity index (χ1v) is 8.67. The summed E-state index contributed by atoms with van der Waals surface area (Å²) in [6, 6.07) is 12.5. The van der Waals surface area contributed by atoms with E-state index in [4.69, 9.17) is 6.57 Å². The molecular formula is C20H21N4O+. The van der Waals surface area contributed by atoms with Crippen LogP contribution in [-0.4, -0.2) is 34.0 Å². The third-order valence-corrected chi connectivity index (χ3v) is 5.29. The largest absolute Gasteiger partial charge is 0.322 e. The zero-order valence-corrected chi connectivity index (χ0v) is 14.2. The van der Waals surface area contributed by atoms with Crippen LogP contribution in [0.1, 0.15) is 24.8 Å². The molecule has 5 nitrogen and oxygen atoms in total. The Morgan fingerprint density at radius 3 is 2.72 bits per heavy atom. The number of rotatable bonds is 2. The zero-order valence-electron chi connectivity index (χ0n) is 14.2. The first-order chi connectivity index (χ1) is 12.2. The number of piperidine rings is 1. The van der Waals surface area contributed by atoms with Crippen LogP contribution in [0.3, 0.4) is 0 Å². The lowest BCUT2D eigenvalue weighted by molar-refractivity contribution is 0.0143. The van der Waals surface area contributed by atoms with Gasteiger partial charge < -0.3 is 10.2 Å². The maximum Gasteiger partial charge on any atom is 0.322 e. The minimum Gasteiger partial charge on any atom is -0.318 e. The average molecular weight is 333 g/mol. The smallest absolute Gasteiger partial charge is 0.318 e. The van der Waals surface area contributed by atoms with Crippen LogP contribution in [0.4, 0.5) is 10.5 Å². The van der Waals surface area contributed by atoms with E-state index in [1.807, 2.05) is 48.2 Å². The molecule has 2 bridgehead atoms. The number of anilines is 1. The van der Waals surface area contributed by atoms with Gasteiger partial charge in [0.1, 0.15) is 0 Å². The fourth-order valence-corrected chi connectivity index (χ4v) is 3.98. The van der Waals surface area contributed by atoms with E-state index >= 15 is 0 Å². The predicted molar refractivity (Wildman–Crippen MR) is 98.8 cm³/mol. The summed E-state index contributed by atoms with van der Waals surface area (Å²) < 4.78 is 0. The Labute approximate surface area is 147 Å². The lowest BCUT2D eigenvalue weighted by atomic mass is 9.77. The zero-order chi connectivity index (χ0) is 17.4. The quantitative estimate of drug-likeness (QED) is 0.897. The van der Waals surface area contributed by atoms with Crippen LogP contribution in [0.25, 0.3) is 16.1 Å². The molecule has 3 heterocycles. The molecule has 1 aromatic heterocycles. The molecule has 5 heteroatoms.